The first-order valence-electron chi connectivity index (χ1n) is 6.08. The van der Waals surface area contributed by atoms with E-state index in [1.54, 1.807) is 41.2 Å². The van der Waals surface area contributed by atoms with Gasteiger partial charge in [-0.3, -0.25) is 19.5 Å². The summed E-state index contributed by atoms with van der Waals surface area (Å²) in [4.78, 5) is 25.8. The number of aromatic nitrogens is 2. The lowest BCUT2D eigenvalue weighted by atomic mass is 10.1. The number of carbonyl (C=O) groups excluding carboxylic acids is 1. The van der Waals surface area contributed by atoms with Gasteiger partial charge in [0.25, 0.3) is 11.6 Å². The Hall–Kier alpha value is -3.22. The maximum Gasteiger partial charge on any atom is 0.269 e. The van der Waals surface area contributed by atoms with Gasteiger partial charge in [0, 0.05) is 17.8 Å². The van der Waals surface area contributed by atoms with Gasteiger partial charge < -0.3 is 5.73 Å². The number of fused-ring (bicyclic) bond motifs is 1. The Balaban J connectivity index is 2.15. The van der Waals surface area contributed by atoms with Crippen LogP contribution in [-0.2, 0) is 0 Å². The minimum Gasteiger partial charge on any atom is -0.366 e. The van der Waals surface area contributed by atoms with E-state index in [0.29, 0.717) is 22.3 Å². The minimum absolute atomic E-state index is 0.0148. The van der Waals surface area contributed by atoms with Crippen LogP contribution in [0.2, 0.25) is 0 Å². The van der Waals surface area contributed by atoms with E-state index >= 15 is 0 Å². The van der Waals surface area contributed by atoms with Gasteiger partial charge in [-0.2, -0.15) is 0 Å². The molecule has 0 fully saturated rings. The first-order valence-corrected chi connectivity index (χ1v) is 6.08. The highest BCUT2D eigenvalue weighted by Gasteiger charge is 2.12. The van der Waals surface area contributed by atoms with Gasteiger partial charge >= 0.3 is 0 Å². The number of rotatable bonds is 3. The van der Waals surface area contributed by atoms with Crippen molar-refractivity contribution in [3.05, 3.63) is 64.5 Å². The summed E-state index contributed by atoms with van der Waals surface area (Å²) >= 11 is 0. The molecule has 0 atom stereocenters. The molecule has 1 amide bonds. The Kier molecular flexibility index (Phi) is 2.87. The Labute approximate surface area is 118 Å². The van der Waals surface area contributed by atoms with Crippen LogP contribution < -0.4 is 5.73 Å². The Bertz CT molecular complexity index is 852. The first kappa shape index (κ1) is 12.8. The summed E-state index contributed by atoms with van der Waals surface area (Å²) in [5, 5.41) is 10.7. The molecular weight excluding hydrogens is 272 g/mol. The van der Waals surface area contributed by atoms with E-state index < -0.39 is 10.8 Å². The van der Waals surface area contributed by atoms with E-state index in [2.05, 4.69) is 4.98 Å². The van der Waals surface area contributed by atoms with Gasteiger partial charge in [-0.25, -0.2) is 4.98 Å². The molecule has 2 aromatic carbocycles. The van der Waals surface area contributed by atoms with Crippen LogP contribution in [0.5, 0.6) is 0 Å². The van der Waals surface area contributed by atoms with Crippen molar-refractivity contribution in [2.45, 2.75) is 0 Å². The van der Waals surface area contributed by atoms with Crippen LogP contribution in [-0.4, -0.2) is 20.4 Å². The fraction of sp³-hybridized carbons (Fsp3) is 0. The van der Waals surface area contributed by atoms with Crippen LogP contribution >= 0.6 is 0 Å². The Morgan fingerprint density at radius 2 is 1.90 bits per heavy atom. The molecule has 0 spiro atoms. The van der Waals surface area contributed by atoms with Gasteiger partial charge in [0.15, 0.2) is 0 Å². The molecule has 0 aliphatic heterocycles. The van der Waals surface area contributed by atoms with Crippen molar-refractivity contribution in [3.63, 3.8) is 0 Å². The quantitative estimate of drug-likeness (QED) is 0.586. The third kappa shape index (κ3) is 2.10. The van der Waals surface area contributed by atoms with Crippen molar-refractivity contribution in [3.8, 4) is 5.69 Å². The van der Waals surface area contributed by atoms with Gasteiger partial charge in [0.2, 0.25) is 0 Å². The Morgan fingerprint density at radius 3 is 2.52 bits per heavy atom. The topological polar surface area (TPSA) is 104 Å². The van der Waals surface area contributed by atoms with Crippen molar-refractivity contribution >= 4 is 22.6 Å². The van der Waals surface area contributed by atoms with E-state index in [9.17, 15) is 14.9 Å². The van der Waals surface area contributed by atoms with E-state index in [4.69, 9.17) is 5.73 Å². The van der Waals surface area contributed by atoms with E-state index in [1.165, 1.54) is 12.1 Å². The predicted octanol–water partition coefficient (Wildman–Crippen LogP) is 2.03. The van der Waals surface area contributed by atoms with E-state index in [1.807, 2.05) is 0 Å². The van der Waals surface area contributed by atoms with Gasteiger partial charge in [-0.1, -0.05) is 6.07 Å². The second-order valence-corrected chi connectivity index (χ2v) is 4.43. The van der Waals surface area contributed by atoms with Crippen LogP contribution in [0.15, 0.2) is 48.8 Å². The molecule has 1 heterocycles. The van der Waals surface area contributed by atoms with E-state index in [-0.39, 0.29) is 5.69 Å². The summed E-state index contributed by atoms with van der Waals surface area (Å²) < 4.78 is 1.74. The molecule has 0 saturated carbocycles. The number of carbonyl (C=O) groups is 1. The summed E-state index contributed by atoms with van der Waals surface area (Å²) in [5.41, 5.74) is 7.60. The summed E-state index contributed by atoms with van der Waals surface area (Å²) in [5.74, 6) is -0.547. The van der Waals surface area contributed by atoms with Crippen LogP contribution in [0, 0.1) is 10.1 Å². The molecule has 0 unspecified atom stereocenters. The second kappa shape index (κ2) is 4.71. The normalized spacial score (nSPS) is 10.7. The fourth-order valence-corrected chi connectivity index (χ4v) is 2.18. The molecule has 3 aromatic rings. The molecule has 21 heavy (non-hydrogen) atoms. The monoisotopic (exact) mass is 282 g/mol. The summed E-state index contributed by atoms with van der Waals surface area (Å²) in [6.45, 7) is 0. The number of primary amides is 1. The molecule has 0 aliphatic rings. The largest absolute Gasteiger partial charge is 0.366 e. The number of non-ortho nitro benzene ring substituents is 1. The average molecular weight is 282 g/mol. The Morgan fingerprint density at radius 1 is 1.19 bits per heavy atom. The minimum atomic E-state index is -0.547. The lowest BCUT2D eigenvalue weighted by Gasteiger charge is -2.04. The van der Waals surface area contributed by atoms with Crippen molar-refractivity contribution in [1.29, 1.82) is 0 Å². The number of hydrogen-bond acceptors (Lipinski definition) is 4. The highest BCUT2D eigenvalue weighted by Crippen LogP contribution is 2.22. The standard InChI is InChI=1S/C14H10N4O3/c15-14(19)11-2-1-3-12-13(11)16-8-17(12)9-4-6-10(7-5-9)18(20)21/h1-8H,(H2,15,19). The maximum atomic E-state index is 11.4. The molecule has 2 N–H and O–H groups in total. The molecule has 0 saturated heterocycles. The molecule has 0 bridgehead atoms. The third-order valence-electron chi connectivity index (χ3n) is 3.18. The SMILES string of the molecule is NC(=O)c1cccc2c1ncn2-c1ccc([N+](=O)[O-])cc1. The zero-order chi connectivity index (χ0) is 15.0. The van der Waals surface area contributed by atoms with Crippen LogP contribution in [0.4, 0.5) is 5.69 Å². The number of hydrogen-bond donors (Lipinski definition) is 1. The molecule has 0 radical (unpaired) electrons. The molecule has 0 aliphatic carbocycles. The molecule has 7 heteroatoms. The van der Waals surface area contributed by atoms with Gasteiger partial charge in [-0.15, -0.1) is 0 Å². The zero-order valence-electron chi connectivity index (χ0n) is 10.8. The van der Waals surface area contributed by atoms with Crippen molar-refractivity contribution in [2.75, 3.05) is 0 Å². The van der Waals surface area contributed by atoms with Crippen LogP contribution in [0.1, 0.15) is 10.4 Å². The smallest absolute Gasteiger partial charge is 0.269 e. The highest BCUT2D eigenvalue weighted by molar-refractivity contribution is 6.04. The molecular formula is C14H10N4O3. The van der Waals surface area contributed by atoms with Crippen molar-refractivity contribution in [1.82, 2.24) is 9.55 Å². The average Bonchev–Trinajstić information content (AvgIpc) is 2.90. The number of para-hydroxylation sites is 1. The maximum absolute atomic E-state index is 11.4. The molecule has 104 valence electrons. The lowest BCUT2D eigenvalue weighted by Crippen LogP contribution is -2.11. The predicted molar refractivity (Wildman–Crippen MR) is 76.2 cm³/mol. The fourth-order valence-electron chi connectivity index (χ4n) is 2.18. The van der Waals surface area contributed by atoms with Crippen LogP contribution in [0.3, 0.4) is 0 Å². The number of nitrogens with two attached hydrogens (primary N) is 1. The van der Waals surface area contributed by atoms with Crippen LogP contribution in [0.25, 0.3) is 16.7 Å². The summed E-state index contributed by atoms with van der Waals surface area (Å²) in [6, 6.07) is 11.2. The van der Waals surface area contributed by atoms with Gasteiger partial charge in [0.1, 0.15) is 11.8 Å². The number of benzene rings is 2. The van der Waals surface area contributed by atoms with Crippen molar-refractivity contribution in [2.24, 2.45) is 5.73 Å². The summed E-state index contributed by atoms with van der Waals surface area (Å²) in [6.07, 6.45) is 1.55. The molecule has 7 nitrogen and oxygen atoms in total. The number of imidazole rings is 1. The zero-order valence-corrected chi connectivity index (χ0v) is 10.8. The molecule has 3 rings (SSSR count). The third-order valence-corrected chi connectivity index (χ3v) is 3.18. The van der Waals surface area contributed by atoms with Gasteiger partial charge in [0.05, 0.1) is 16.0 Å². The number of amides is 1. The number of nitrogens with zero attached hydrogens (tertiary/aromatic N) is 3. The number of nitro groups is 1. The highest BCUT2D eigenvalue weighted by atomic mass is 16.6. The van der Waals surface area contributed by atoms with E-state index in [0.717, 1.165) is 0 Å². The molecule has 1 aromatic heterocycles. The number of nitro benzene ring substituents is 1. The first-order chi connectivity index (χ1) is 10.1. The second-order valence-electron chi connectivity index (χ2n) is 4.43. The lowest BCUT2D eigenvalue weighted by molar-refractivity contribution is -0.384. The van der Waals surface area contributed by atoms with Gasteiger partial charge in [-0.05, 0) is 24.3 Å². The summed E-state index contributed by atoms with van der Waals surface area (Å²) in [7, 11) is 0. The van der Waals surface area contributed by atoms with Crippen molar-refractivity contribution < 1.29 is 9.72 Å².